The quantitative estimate of drug-likeness (QED) is 0.231. The molecule has 3 aromatic rings. The summed E-state index contributed by atoms with van der Waals surface area (Å²) in [5, 5.41) is 5.03. The number of amides is 1. The lowest BCUT2D eigenvalue weighted by Gasteiger charge is -2.13. The second-order valence-electron chi connectivity index (χ2n) is 6.38. The molecule has 0 radical (unpaired) electrons. The van der Waals surface area contributed by atoms with Crippen LogP contribution in [0.2, 0.25) is 10.0 Å². The number of ether oxygens (including phenoxy) is 2. The zero-order valence-corrected chi connectivity index (χ0v) is 17.9. The Balaban J connectivity index is 1.60. The van der Waals surface area contributed by atoms with E-state index in [4.69, 9.17) is 32.7 Å². The Morgan fingerprint density at radius 3 is 2.23 bits per heavy atom. The van der Waals surface area contributed by atoms with Crippen LogP contribution in [0.15, 0.2) is 77.9 Å². The largest absolute Gasteiger partial charge is 0.481 e. The highest BCUT2D eigenvalue weighted by molar-refractivity contribution is 6.30. The molecule has 8 heteroatoms. The number of para-hydroxylation sites is 1. The zero-order valence-electron chi connectivity index (χ0n) is 16.4. The lowest BCUT2D eigenvalue weighted by molar-refractivity contribution is -0.127. The van der Waals surface area contributed by atoms with Gasteiger partial charge in [0, 0.05) is 15.6 Å². The van der Waals surface area contributed by atoms with Crippen LogP contribution in [0.4, 0.5) is 0 Å². The predicted octanol–water partition coefficient (Wildman–Crippen LogP) is 5.13. The van der Waals surface area contributed by atoms with Crippen molar-refractivity contribution in [2.24, 2.45) is 5.10 Å². The number of esters is 1. The number of hydrazone groups is 1. The molecule has 1 amide bonds. The molecule has 6 nitrogen and oxygen atoms in total. The van der Waals surface area contributed by atoms with Crippen LogP contribution in [-0.4, -0.2) is 24.2 Å². The van der Waals surface area contributed by atoms with Gasteiger partial charge in [0.25, 0.3) is 5.91 Å². The molecule has 1 atom stereocenters. The van der Waals surface area contributed by atoms with Gasteiger partial charge in [-0.1, -0.05) is 35.3 Å². The number of carbonyl (C=O) groups is 2. The fourth-order valence-corrected chi connectivity index (χ4v) is 2.70. The van der Waals surface area contributed by atoms with Crippen LogP contribution in [0.3, 0.4) is 0 Å². The molecular formula is C23H18Cl2N2O4. The van der Waals surface area contributed by atoms with Crippen molar-refractivity contribution in [3.63, 3.8) is 0 Å². The van der Waals surface area contributed by atoms with E-state index in [9.17, 15) is 9.59 Å². The van der Waals surface area contributed by atoms with Gasteiger partial charge in [0.15, 0.2) is 6.10 Å². The Labute approximate surface area is 189 Å². The molecule has 158 valence electrons. The van der Waals surface area contributed by atoms with E-state index in [0.29, 0.717) is 32.7 Å². The third kappa shape index (κ3) is 6.57. The molecule has 3 aromatic carbocycles. The zero-order chi connectivity index (χ0) is 22.2. The van der Waals surface area contributed by atoms with Crippen molar-refractivity contribution in [3.8, 4) is 11.5 Å². The Kier molecular flexibility index (Phi) is 7.65. The molecule has 0 aromatic heterocycles. The van der Waals surface area contributed by atoms with E-state index in [0.717, 1.165) is 0 Å². The lowest BCUT2D eigenvalue weighted by Crippen LogP contribution is -2.33. The number of hydrogen-bond acceptors (Lipinski definition) is 5. The number of nitrogens with zero attached hydrogens (tertiary/aromatic N) is 1. The van der Waals surface area contributed by atoms with E-state index in [1.54, 1.807) is 79.7 Å². The Morgan fingerprint density at radius 1 is 0.935 bits per heavy atom. The van der Waals surface area contributed by atoms with Crippen molar-refractivity contribution >= 4 is 41.3 Å². The molecule has 0 aliphatic rings. The average molecular weight is 457 g/mol. The molecule has 0 aliphatic carbocycles. The predicted molar refractivity (Wildman–Crippen MR) is 120 cm³/mol. The molecule has 31 heavy (non-hydrogen) atoms. The summed E-state index contributed by atoms with van der Waals surface area (Å²) in [5.74, 6) is -0.172. The summed E-state index contributed by atoms with van der Waals surface area (Å²) in [7, 11) is 0. The van der Waals surface area contributed by atoms with Crippen LogP contribution in [-0.2, 0) is 4.79 Å². The Morgan fingerprint density at radius 2 is 1.55 bits per heavy atom. The summed E-state index contributed by atoms with van der Waals surface area (Å²) in [6.07, 6.45) is 0.605. The minimum atomic E-state index is -0.781. The first kappa shape index (κ1) is 22.3. The Hall–Kier alpha value is -3.35. The highest BCUT2D eigenvalue weighted by atomic mass is 35.5. The number of nitrogens with one attached hydrogen (secondary N) is 1. The van der Waals surface area contributed by atoms with Gasteiger partial charge < -0.3 is 9.47 Å². The van der Waals surface area contributed by atoms with Crippen molar-refractivity contribution in [1.82, 2.24) is 5.43 Å². The van der Waals surface area contributed by atoms with Crippen LogP contribution < -0.4 is 14.9 Å². The third-order valence-corrected chi connectivity index (χ3v) is 4.58. The fourth-order valence-electron chi connectivity index (χ4n) is 2.45. The van der Waals surface area contributed by atoms with E-state index in [1.165, 1.54) is 6.21 Å². The second-order valence-corrected chi connectivity index (χ2v) is 7.26. The van der Waals surface area contributed by atoms with Crippen molar-refractivity contribution in [2.75, 3.05) is 0 Å². The summed E-state index contributed by atoms with van der Waals surface area (Å²) >= 11 is 11.7. The maximum atomic E-state index is 12.3. The summed E-state index contributed by atoms with van der Waals surface area (Å²) in [4.78, 5) is 24.5. The van der Waals surface area contributed by atoms with Gasteiger partial charge in [-0.05, 0) is 67.6 Å². The summed E-state index contributed by atoms with van der Waals surface area (Å²) in [5.41, 5.74) is 3.27. The fraction of sp³-hybridized carbons (Fsp3) is 0.0870. The van der Waals surface area contributed by atoms with Crippen LogP contribution in [0, 0.1) is 0 Å². The SMILES string of the molecule is C[C@@H](Oc1ccc(Cl)cc1)C(=O)N/N=C\c1ccccc1OC(=O)c1ccc(Cl)cc1. The molecule has 0 aliphatic heterocycles. The summed E-state index contributed by atoms with van der Waals surface area (Å²) in [6.45, 7) is 1.60. The van der Waals surface area contributed by atoms with Gasteiger partial charge in [-0.25, -0.2) is 10.2 Å². The van der Waals surface area contributed by atoms with Gasteiger partial charge in [0.2, 0.25) is 0 Å². The normalized spacial score (nSPS) is 11.7. The van der Waals surface area contributed by atoms with Gasteiger partial charge in [0.05, 0.1) is 11.8 Å². The van der Waals surface area contributed by atoms with E-state index in [1.807, 2.05) is 0 Å². The van der Waals surface area contributed by atoms with Crippen molar-refractivity contribution in [2.45, 2.75) is 13.0 Å². The molecule has 0 fully saturated rings. The van der Waals surface area contributed by atoms with Crippen LogP contribution in [0.25, 0.3) is 0 Å². The number of hydrogen-bond donors (Lipinski definition) is 1. The van der Waals surface area contributed by atoms with E-state index in [-0.39, 0.29) is 0 Å². The van der Waals surface area contributed by atoms with Gasteiger partial charge in [-0.2, -0.15) is 5.10 Å². The van der Waals surface area contributed by atoms with Gasteiger partial charge >= 0.3 is 5.97 Å². The number of benzene rings is 3. The monoisotopic (exact) mass is 456 g/mol. The van der Waals surface area contributed by atoms with Gasteiger partial charge in [-0.15, -0.1) is 0 Å². The first-order chi connectivity index (χ1) is 14.9. The maximum Gasteiger partial charge on any atom is 0.343 e. The Bertz CT molecular complexity index is 1080. The molecule has 0 saturated carbocycles. The third-order valence-electron chi connectivity index (χ3n) is 4.08. The van der Waals surface area contributed by atoms with Crippen LogP contribution in [0.1, 0.15) is 22.8 Å². The molecule has 3 rings (SSSR count). The van der Waals surface area contributed by atoms with Crippen molar-refractivity contribution in [3.05, 3.63) is 94.0 Å². The standard InChI is InChI=1S/C23H18Cl2N2O4/c1-15(30-20-12-10-19(25)11-13-20)22(28)27-26-14-17-4-2-3-5-21(17)31-23(29)16-6-8-18(24)9-7-16/h2-15H,1H3,(H,27,28)/b26-14-/t15-/m1/s1. The number of carbonyl (C=O) groups excluding carboxylic acids is 2. The summed E-state index contributed by atoms with van der Waals surface area (Å²) < 4.78 is 11.0. The smallest absolute Gasteiger partial charge is 0.343 e. The number of rotatable bonds is 7. The number of halogens is 2. The molecule has 0 saturated heterocycles. The minimum absolute atomic E-state index is 0.297. The highest BCUT2D eigenvalue weighted by Gasteiger charge is 2.14. The average Bonchev–Trinajstić information content (AvgIpc) is 2.76. The van der Waals surface area contributed by atoms with Crippen LogP contribution in [0.5, 0.6) is 11.5 Å². The van der Waals surface area contributed by atoms with E-state index in [2.05, 4.69) is 10.5 Å². The lowest BCUT2D eigenvalue weighted by atomic mass is 10.2. The van der Waals surface area contributed by atoms with Crippen molar-refractivity contribution in [1.29, 1.82) is 0 Å². The molecule has 0 spiro atoms. The first-order valence-electron chi connectivity index (χ1n) is 9.24. The molecule has 0 unspecified atom stereocenters. The second kappa shape index (κ2) is 10.6. The molecule has 0 bridgehead atoms. The van der Waals surface area contributed by atoms with Gasteiger partial charge in [-0.3, -0.25) is 4.79 Å². The topological polar surface area (TPSA) is 77.0 Å². The minimum Gasteiger partial charge on any atom is -0.481 e. The first-order valence-corrected chi connectivity index (χ1v) is 10.00. The maximum absolute atomic E-state index is 12.3. The highest BCUT2D eigenvalue weighted by Crippen LogP contribution is 2.19. The van der Waals surface area contributed by atoms with Crippen LogP contribution >= 0.6 is 23.2 Å². The van der Waals surface area contributed by atoms with E-state index < -0.39 is 18.0 Å². The van der Waals surface area contributed by atoms with E-state index >= 15 is 0 Å². The van der Waals surface area contributed by atoms with Crippen molar-refractivity contribution < 1.29 is 19.1 Å². The molecule has 1 N–H and O–H groups in total. The molecule has 0 heterocycles. The molecular weight excluding hydrogens is 439 g/mol. The van der Waals surface area contributed by atoms with Gasteiger partial charge in [0.1, 0.15) is 11.5 Å². The summed E-state index contributed by atoms with van der Waals surface area (Å²) in [6, 6.07) is 19.8.